The molecule has 1 amide bonds. The Morgan fingerprint density at radius 1 is 1.07 bits per heavy atom. The Morgan fingerprint density at radius 2 is 1.90 bits per heavy atom. The van der Waals surface area contributed by atoms with Crippen molar-refractivity contribution in [2.75, 3.05) is 0 Å². The summed E-state index contributed by atoms with van der Waals surface area (Å²) < 4.78 is 1.54. The third-order valence-electron chi connectivity index (χ3n) is 4.86. The predicted molar refractivity (Wildman–Crippen MR) is 113 cm³/mol. The zero-order chi connectivity index (χ0) is 21.3. The lowest BCUT2D eigenvalue weighted by Gasteiger charge is -2.09. The van der Waals surface area contributed by atoms with Crippen LogP contribution in [-0.2, 0) is 6.54 Å². The summed E-state index contributed by atoms with van der Waals surface area (Å²) in [5.74, 6) is -0.332. The number of amides is 1. The summed E-state index contributed by atoms with van der Waals surface area (Å²) in [5, 5.41) is 7.16. The van der Waals surface area contributed by atoms with Crippen LogP contribution >= 0.6 is 0 Å². The van der Waals surface area contributed by atoms with Gasteiger partial charge in [-0.1, -0.05) is 6.07 Å². The molecule has 0 saturated heterocycles. The van der Waals surface area contributed by atoms with Gasteiger partial charge >= 0.3 is 0 Å². The number of aromatic nitrogens is 4. The molecule has 0 aromatic carbocycles. The molecule has 4 aromatic heterocycles. The zero-order valence-corrected chi connectivity index (χ0v) is 17.0. The molecule has 7 nitrogen and oxygen atoms in total. The maximum absolute atomic E-state index is 12.5. The minimum absolute atomic E-state index is 0.0494. The van der Waals surface area contributed by atoms with Gasteiger partial charge in [0.05, 0.1) is 11.2 Å². The Labute approximate surface area is 173 Å². The largest absolute Gasteiger partial charge is 0.347 e. The maximum Gasteiger partial charge on any atom is 0.272 e. The second-order valence-electron chi connectivity index (χ2n) is 7.25. The van der Waals surface area contributed by atoms with E-state index in [0.717, 1.165) is 33.6 Å². The van der Waals surface area contributed by atoms with Crippen LogP contribution in [0.2, 0.25) is 0 Å². The van der Waals surface area contributed by atoms with Gasteiger partial charge in [-0.2, -0.15) is 5.10 Å². The third-order valence-corrected chi connectivity index (χ3v) is 4.86. The van der Waals surface area contributed by atoms with Crippen molar-refractivity contribution in [3.8, 4) is 11.3 Å². The summed E-state index contributed by atoms with van der Waals surface area (Å²) in [6.07, 6.45) is 5.16. The summed E-state index contributed by atoms with van der Waals surface area (Å²) >= 11 is 0. The van der Waals surface area contributed by atoms with Crippen molar-refractivity contribution in [1.29, 1.82) is 0 Å². The normalized spacial score (nSPS) is 10.9. The minimum Gasteiger partial charge on any atom is -0.347 e. The van der Waals surface area contributed by atoms with E-state index in [1.165, 1.54) is 6.92 Å². The number of nitrogens with zero attached hydrogens (tertiary/aromatic N) is 4. The summed E-state index contributed by atoms with van der Waals surface area (Å²) in [4.78, 5) is 32.8. The molecule has 4 rings (SSSR count). The first-order valence-corrected chi connectivity index (χ1v) is 9.58. The van der Waals surface area contributed by atoms with E-state index >= 15 is 0 Å². The van der Waals surface area contributed by atoms with Gasteiger partial charge in [0, 0.05) is 42.0 Å². The highest BCUT2D eigenvalue weighted by atomic mass is 16.2. The van der Waals surface area contributed by atoms with Gasteiger partial charge in [-0.25, -0.2) is 4.52 Å². The fourth-order valence-corrected chi connectivity index (χ4v) is 3.30. The third kappa shape index (κ3) is 3.96. The Kier molecular flexibility index (Phi) is 5.10. The average molecular weight is 399 g/mol. The molecular formula is C23H21N5O2. The van der Waals surface area contributed by atoms with Crippen molar-refractivity contribution in [3.05, 3.63) is 83.1 Å². The summed E-state index contributed by atoms with van der Waals surface area (Å²) in [7, 11) is 0. The highest BCUT2D eigenvalue weighted by Crippen LogP contribution is 2.21. The molecule has 0 fully saturated rings. The molecule has 0 unspecified atom stereocenters. The van der Waals surface area contributed by atoms with Gasteiger partial charge < -0.3 is 5.32 Å². The average Bonchev–Trinajstić information content (AvgIpc) is 3.15. The number of carbonyl (C=O) groups excluding carboxylic acids is 2. The molecule has 0 radical (unpaired) electrons. The van der Waals surface area contributed by atoms with E-state index in [4.69, 9.17) is 0 Å². The van der Waals surface area contributed by atoms with Gasteiger partial charge in [0.1, 0.15) is 0 Å². The Balaban J connectivity index is 1.48. The Bertz CT molecular complexity index is 1280. The van der Waals surface area contributed by atoms with E-state index in [9.17, 15) is 9.59 Å². The second-order valence-corrected chi connectivity index (χ2v) is 7.25. The number of Topliss-reactive ketones (excluding diaryl/α,β-unsaturated/α-hetero) is 1. The van der Waals surface area contributed by atoms with Crippen molar-refractivity contribution in [3.63, 3.8) is 0 Å². The zero-order valence-electron chi connectivity index (χ0n) is 17.0. The van der Waals surface area contributed by atoms with Crippen molar-refractivity contribution in [2.45, 2.75) is 27.3 Å². The second kappa shape index (κ2) is 7.87. The minimum atomic E-state index is -0.283. The van der Waals surface area contributed by atoms with E-state index in [-0.39, 0.29) is 11.7 Å². The molecule has 4 heterocycles. The van der Waals surface area contributed by atoms with E-state index < -0.39 is 0 Å². The van der Waals surface area contributed by atoms with Gasteiger partial charge in [0.2, 0.25) is 0 Å². The fourth-order valence-electron chi connectivity index (χ4n) is 3.30. The number of hydrogen-bond donors (Lipinski definition) is 1. The molecule has 0 bridgehead atoms. The van der Waals surface area contributed by atoms with Crippen LogP contribution in [0.5, 0.6) is 0 Å². The maximum atomic E-state index is 12.5. The highest BCUT2D eigenvalue weighted by Gasteiger charge is 2.12. The van der Waals surface area contributed by atoms with Crippen LogP contribution in [-0.4, -0.2) is 31.3 Å². The first kappa shape index (κ1) is 19.4. The van der Waals surface area contributed by atoms with Crippen LogP contribution in [0.3, 0.4) is 0 Å². The van der Waals surface area contributed by atoms with Crippen LogP contribution in [0.4, 0.5) is 0 Å². The van der Waals surface area contributed by atoms with E-state index in [2.05, 4.69) is 20.4 Å². The monoisotopic (exact) mass is 399 g/mol. The van der Waals surface area contributed by atoms with E-state index in [1.807, 2.05) is 32.0 Å². The van der Waals surface area contributed by atoms with Crippen LogP contribution < -0.4 is 5.32 Å². The van der Waals surface area contributed by atoms with Crippen LogP contribution in [0.1, 0.15) is 44.6 Å². The van der Waals surface area contributed by atoms with Gasteiger partial charge in [-0.05, 0) is 62.2 Å². The standard InChI is InChI=1S/C23H21N5O2/c1-14-8-17(11-25-22(14)18-6-7-24-15(2)9-18)12-26-23(30)21-10-20-5-4-19(16(3)29)13-28(20)27-21/h4-11,13H,12H2,1-3H3,(H,26,30). The number of fused-ring (bicyclic) bond motifs is 1. The molecule has 1 N–H and O–H groups in total. The van der Waals surface area contributed by atoms with Crippen molar-refractivity contribution < 1.29 is 9.59 Å². The number of aryl methyl sites for hydroxylation is 2. The smallest absolute Gasteiger partial charge is 0.272 e. The molecule has 150 valence electrons. The molecule has 0 aliphatic heterocycles. The molecule has 7 heteroatoms. The van der Waals surface area contributed by atoms with Crippen molar-refractivity contribution >= 4 is 17.2 Å². The molecule has 0 atom stereocenters. The van der Waals surface area contributed by atoms with Crippen LogP contribution in [0.15, 0.2) is 55.0 Å². The predicted octanol–water partition coefficient (Wildman–Crippen LogP) is 3.54. The molecule has 0 spiro atoms. The number of ketones is 1. The molecule has 0 aliphatic carbocycles. The van der Waals surface area contributed by atoms with Gasteiger partial charge in [0.25, 0.3) is 5.91 Å². The summed E-state index contributed by atoms with van der Waals surface area (Å²) in [6.45, 7) is 5.78. The SMILES string of the molecule is CC(=O)c1ccc2cc(C(=O)NCc3cnc(-c4ccnc(C)c4)c(C)c3)nn2c1. The molecule has 0 aliphatic rings. The van der Waals surface area contributed by atoms with Crippen LogP contribution in [0.25, 0.3) is 16.8 Å². The molecule has 4 aromatic rings. The van der Waals surface area contributed by atoms with Crippen LogP contribution in [0, 0.1) is 13.8 Å². The van der Waals surface area contributed by atoms with Crippen molar-refractivity contribution in [1.82, 2.24) is 24.9 Å². The highest BCUT2D eigenvalue weighted by molar-refractivity contribution is 5.95. The van der Waals surface area contributed by atoms with Gasteiger partial charge in [0.15, 0.2) is 11.5 Å². The summed E-state index contributed by atoms with van der Waals surface area (Å²) in [6, 6.07) is 11.1. The Hall–Kier alpha value is -3.87. The number of hydrogen-bond acceptors (Lipinski definition) is 5. The van der Waals surface area contributed by atoms with Crippen molar-refractivity contribution in [2.24, 2.45) is 0 Å². The topological polar surface area (TPSA) is 89.2 Å². The lowest BCUT2D eigenvalue weighted by molar-refractivity contribution is 0.0945. The first-order chi connectivity index (χ1) is 14.4. The van der Waals surface area contributed by atoms with E-state index in [1.54, 1.807) is 41.3 Å². The summed E-state index contributed by atoms with van der Waals surface area (Å²) in [5.41, 5.74) is 6.37. The number of pyridine rings is 3. The number of rotatable bonds is 5. The van der Waals surface area contributed by atoms with E-state index in [0.29, 0.717) is 17.8 Å². The molecule has 0 saturated carbocycles. The quantitative estimate of drug-likeness (QED) is 0.519. The molecular weight excluding hydrogens is 378 g/mol. The fraction of sp³-hybridized carbons (Fsp3) is 0.174. The Morgan fingerprint density at radius 3 is 2.63 bits per heavy atom. The van der Waals surface area contributed by atoms with Gasteiger partial charge in [-0.3, -0.25) is 19.6 Å². The lowest BCUT2D eigenvalue weighted by Crippen LogP contribution is -2.23. The number of nitrogens with one attached hydrogen (secondary N) is 1. The first-order valence-electron chi connectivity index (χ1n) is 9.58. The number of carbonyl (C=O) groups is 2. The molecule has 30 heavy (non-hydrogen) atoms. The van der Waals surface area contributed by atoms with Gasteiger partial charge in [-0.15, -0.1) is 0 Å². The lowest BCUT2D eigenvalue weighted by atomic mass is 10.1.